The summed E-state index contributed by atoms with van der Waals surface area (Å²) in [4.78, 5) is 31.4. The summed E-state index contributed by atoms with van der Waals surface area (Å²) in [7, 11) is 4.00. The van der Waals surface area contributed by atoms with Gasteiger partial charge in [0.25, 0.3) is 0 Å². The average Bonchev–Trinajstić information content (AvgIpc) is 2.65. The molecule has 0 bridgehead atoms. The molecule has 0 atom stereocenters. The van der Waals surface area contributed by atoms with E-state index in [0.717, 1.165) is 59.8 Å². The number of amides is 1. The fraction of sp³-hybridized carbons (Fsp3) is 0.476. The second-order valence-corrected chi connectivity index (χ2v) is 8.46. The largest absolute Gasteiger partial charge is 0.348 e. The quantitative estimate of drug-likeness (QED) is 0.572. The molecule has 28 heavy (non-hydrogen) atoms. The zero-order valence-electron chi connectivity index (χ0n) is 16.8. The van der Waals surface area contributed by atoms with E-state index in [9.17, 15) is 9.59 Å². The van der Waals surface area contributed by atoms with Gasteiger partial charge in [0.05, 0.1) is 5.75 Å². The molecule has 6 nitrogen and oxygen atoms in total. The van der Waals surface area contributed by atoms with Crippen LogP contribution in [-0.2, 0) is 24.2 Å². The molecule has 1 aliphatic carbocycles. The highest BCUT2D eigenvalue weighted by atomic mass is 32.2. The highest BCUT2D eigenvalue weighted by Crippen LogP contribution is 2.28. The summed E-state index contributed by atoms with van der Waals surface area (Å²) in [6.07, 6.45) is 4.02. The highest BCUT2D eigenvalue weighted by Gasteiger charge is 2.21. The third-order valence-electron chi connectivity index (χ3n) is 4.86. The third kappa shape index (κ3) is 5.23. The predicted molar refractivity (Wildman–Crippen MR) is 114 cm³/mol. The van der Waals surface area contributed by atoms with E-state index in [-0.39, 0.29) is 17.3 Å². The van der Waals surface area contributed by atoms with Gasteiger partial charge in [-0.15, -0.1) is 0 Å². The van der Waals surface area contributed by atoms with Crippen molar-refractivity contribution >= 4 is 23.4 Å². The zero-order valence-corrected chi connectivity index (χ0v) is 17.6. The van der Waals surface area contributed by atoms with Crippen LogP contribution in [0.5, 0.6) is 0 Å². The minimum absolute atomic E-state index is 0.0845. The number of benzene rings is 1. The van der Waals surface area contributed by atoms with Crippen LogP contribution in [0, 0.1) is 6.92 Å². The molecule has 7 heteroatoms. The number of anilines is 1. The van der Waals surface area contributed by atoms with Crippen molar-refractivity contribution in [3.63, 3.8) is 0 Å². The maximum Gasteiger partial charge on any atom is 0.348 e. The molecule has 0 fully saturated rings. The van der Waals surface area contributed by atoms with Crippen LogP contribution in [0.25, 0.3) is 0 Å². The third-order valence-corrected chi connectivity index (χ3v) is 5.88. The molecule has 1 heterocycles. The van der Waals surface area contributed by atoms with Crippen molar-refractivity contribution in [3.8, 4) is 0 Å². The van der Waals surface area contributed by atoms with Crippen molar-refractivity contribution < 1.29 is 4.79 Å². The van der Waals surface area contributed by atoms with E-state index in [1.807, 2.05) is 49.9 Å². The number of fused-ring (bicyclic) bond motifs is 1. The number of nitrogens with one attached hydrogen (secondary N) is 1. The lowest BCUT2D eigenvalue weighted by Crippen LogP contribution is -2.33. The van der Waals surface area contributed by atoms with Crippen LogP contribution in [0.3, 0.4) is 0 Å². The first kappa shape index (κ1) is 20.6. The minimum Gasteiger partial charge on any atom is -0.325 e. The zero-order chi connectivity index (χ0) is 20.1. The molecule has 0 unspecified atom stereocenters. The van der Waals surface area contributed by atoms with Crippen LogP contribution in [0.4, 0.5) is 5.69 Å². The van der Waals surface area contributed by atoms with Crippen molar-refractivity contribution in [3.05, 3.63) is 51.6 Å². The van der Waals surface area contributed by atoms with Gasteiger partial charge in [0.2, 0.25) is 5.91 Å². The van der Waals surface area contributed by atoms with Crippen LogP contribution in [0.1, 0.15) is 29.7 Å². The van der Waals surface area contributed by atoms with Gasteiger partial charge >= 0.3 is 5.69 Å². The summed E-state index contributed by atoms with van der Waals surface area (Å²) >= 11 is 1.37. The highest BCUT2D eigenvalue weighted by molar-refractivity contribution is 8.00. The van der Waals surface area contributed by atoms with Gasteiger partial charge in [-0.3, -0.25) is 9.36 Å². The van der Waals surface area contributed by atoms with Crippen molar-refractivity contribution in [2.24, 2.45) is 0 Å². The van der Waals surface area contributed by atoms with E-state index >= 15 is 0 Å². The van der Waals surface area contributed by atoms with Crippen LogP contribution < -0.4 is 11.0 Å². The van der Waals surface area contributed by atoms with Crippen LogP contribution in [-0.4, -0.2) is 46.8 Å². The van der Waals surface area contributed by atoms with Gasteiger partial charge in [-0.2, -0.15) is 4.98 Å². The second-order valence-electron chi connectivity index (χ2n) is 7.49. The maximum absolute atomic E-state index is 12.6. The molecule has 0 spiro atoms. The molecule has 1 aliphatic rings. The molecule has 0 radical (unpaired) electrons. The van der Waals surface area contributed by atoms with E-state index in [2.05, 4.69) is 15.2 Å². The maximum atomic E-state index is 12.6. The summed E-state index contributed by atoms with van der Waals surface area (Å²) in [5.41, 5.74) is 3.94. The Morgan fingerprint density at radius 1 is 1.29 bits per heavy atom. The lowest BCUT2D eigenvalue weighted by atomic mass is 9.97. The first-order valence-electron chi connectivity index (χ1n) is 9.70. The SMILES string of the molecule is Cc1cccc(NC(=O)CSc2nc(=O)n(CCN(C)C)c3c2CCCC3)c1. The van der Waals surface area contributed by atoms with Crippen LogP contribution in [0.15, 0.2) is 34.1 Å². The van der Waals surface area contributed by atoms with E-state index in [1.165, 1.54) is 11.8 Å². The number of aromatic nitrogens is 2. The molecule has 150 valence electrons. The number of rotatable bonds is 7. The topological polar surface area (TPSA) is 67.2 Å². The van der Waals surface area contributed by atoms with Crippen molar-refractivity contribution in [2.75, 3.05) is 31.7 Å². The molecular formula is C21H28N4O2S. The number of nitrogens with zero attached hydrogens (tertiary/aromatic N) is 3. The van der Waals surface area contributed by atoms with Gasteiger partial charge in [-0.25, -0.2) is 4.79 Å². The summed E-state index contributed by atoms with van der Waals surface area (Å²) in [5.74, 6) is 0.160. The fourth-order valence-corrected chi connectivity index (χ4v) is 4.33. The number of hydrogen-bond donors (Lipinski definition) is 1. The van der Waals surface area contributed by atoms with Crippen molar-refractivity contribution in [1.29, 1.82) is 0 Å². The van der Waals surface area contributed by atoms with Gasteiger partial charge in [-0.05, 0) is 64.4 Å². The second kappa shape index (κ2) is 9.39. The van der Waals surface area contributed by atoms with Crippen molar-refractivity contribution in [2.45, 2.75) is 44.2 Å². The molecule has 1 aromatic heterocycles. The lowest BCUT2D eigenvalue weighted by molar-refractivity contribution is -0.113. The number of carbonyl (C=O) groups is 1. The van der Waals surface area contributed by atoms with Crippen LogP contribution in [0.2, 0.25) is 0 Å². The van der Waals surface area contributed by atoms with E-state index in [0.29, 0.717) is 6.54 Å². The number of thioether (sulfide) groups is 1. The Kier molecular flexibility index (Phi) is 6.91. The van der Waals surface area contributed by atoms with Gasteiger partial charge in [0.1, 0.15) is 5.03 Å². The number of aryl methyl sites for hydroxylation is 1. The molecule has 0 aliphatic heterocycles. The Labute approximate surface area is 170 Å². The van der Waals surface area contributed by atoms with Gasteiger partial charge in [-0.1, -0.05) is 23.9 Å². The number of likely N-dealkylation sites (N-methyl/N-ethyl adjacent to an activating group) is 1. The molecule has 1 aromatic carbocycles. The summed E-state index contributed by atoms with van der Waals surface area (Å²) in [6, 6.07) is 7.73. The molecule has 2 aromatic rings. The fourth-order valence-electron chi connectivity index (χ4n) is 3.45. The van der Waals surface area contributed by atoms with Gasteiger partial charge in [0.15, 0.2) is 0 Å². The monoisotopic (exact) mass is 400 g/mol. The Hall–Kier alpha value is -2.12. The molecular weight excluding hydrogens is 372 g/mol. The number of carbonyl (C=O) groups excluding carboxylic acids is 1. The first-order chi connectivity index (χ1) is 13.4. The normalized spacial score (nSPS) is 13.4. The van der Waals surface area contributed by atoms with E-state index in [4.69, 9.17) is 0 Å². The standard InChI is InChI=1S/C21H28N4O2S/c1-15-7-6-8-16(13-15)22-19(26)14-28-20-17-9-4-5-10-18(17)25(21(27)23-20)12-11-24(2)3/h6-8,13H,4-5,9-12,14H2,1-3H3,(H,22,26). The molecule has 3 rings (SSSR count). The predicted octanol–water partition coefficient (Wildman–Crippen LogP) is 2.72. The Balaban J connectivity index is 1.74. The summed E-state index contributed by atoms with van der Waals surface area (Å²) in [5, 5.41) is 3.64. The molecule has 1 amide bonds. The Morgan fingerprint density at radius 2 is 2.07 bits per heavy atom. The Morgan fingerprint density at radius 3 is 2.82 bits per heavy atom. The smallest absolute Gasteiger partial charge is 0.325 e. The molecule has 0 saturated carbocycles. The lowest BCUT2D eigenvalue weighted by Gasteiger charge is -2.23. The first-order valence-corrected chi connectivity index (χ1v) is 10.7. The summed E-state index contributed by atoms with van der Waals surface area (Å²) < 4.78 is 1.82. The molecule has 1 N–H and O–H groups in total. The molecule has 0 saturated heterocycles. The Bertz CT molecular complexity index is 908. The summed E-state index contributed by atoms with van der Waals surface area (Å²) in [6.45, 7) is 3.45. The van der Waals surface area contributed by atoms with E-state index in [1.54, 1.807) is 0 Å². The number of hydrogen-bond acceptors (Lipinski definition) is 5. The van der Waals surface area contributed by atoms with Crippen molar-refractivity contribution in [1.82, 2.24) is 14.5 Å². The average molecular weight is 401 g/mol. The minimum atomic E-state index is -0.205. The van der Waals surface area contributed by atoms with Gasteiger partial charge < -0.3 is 10.2 Å². The van der Waals surface area contributed by atoms with E-state index < -0.39 is 0 Å². The van der Waals surface area contributed by atoms with Crippen LogP contribution >= 0.6 is 11.8 Å². The van der Waals surface area contributed by atoms with Gasteiger partial charge in [0, 0.05) is 30.0 Å².